The van der Waals surface area contributed by atoms with Gasteiger partial charge in [-0.25, -0.2) is 4.68 Å². The molecule has 0 bridgehead atoms. The first-order chi connectivity index (χ1) is 15.9. The van der Waals surface area contributed by atoms with Crippen molar-refractivity contribution < 1.29 is 14.7 Å². The highest BCUT2D eigenvalue weighted by atomic mass is 16.3. The van der Waals surface area contributed by atoms with Crippen molar-refractivity contribution in [2.24, 2.45) is 0 Å². The topological polar surface area (TPSA) is 78.7 Å². The van der Waals surface area contributed by atoms with Crippen molar-refractivity contribution in [2.75, 3.05) is 27.2 Å². The van der Waals surface area contributed by atoms with Crippen LogP contribution in [-0.4, -0.2) is 63.6 Å². The summed E-state index contributed by atoms with van der Waals surface area (Å²) in [5, 5.41) is 15.7. The number of nitrogens with zero attached hydrogens (tertiary/aromatic N) is 4. The van der Waals surface area contributed by atoms with Crippen LogP contribution in [0.25, 0.3) is 11.4 Å². The molecule has 2 heterocycles. The maximum absolute atomic E-state index is 13.2. The fraction of sp³-hybridized carbons (Fsp3) is 0.269. The van der Waals surface area contributed by atoms with Crippen molar-refractivity contribution in [3.05, 3.63) is 89.3 Å². The lowest BCUT2D eigenvalue weighted by atomic mass is 9.95. The Morgan fingerprint density at radius 1 is 1.03 bits per heavy atom. The number of aliphatic hydroxyl groups excluding tert-OH is 1. The zero-order valence-electron chi connectivity index (χ0n) is 19.1. The molecule has 2 aromatic carbocycles. The molecule has 1 fully saturated rings. The Morgan fingerprint density at radius 2 is 1.67 bits per heavy atom. The summed E-state index contributed by atoms with van der Waals surface area (Å²) in [7, 11) is 3.94. The van der Waals surface area contributed by atoms with Crippen LogP contribution in [0.3, 0.4) is 0 Å². The SMILES string of the molecule is Cc1c(C(O)=C2C(=O)C(=O)N(CCCN(C)C)[C@@H]2c2ccccc2)cnn1-c1ccccc1. The summed E-state index contributed by atoms with van der Waals surface area (Å²) < 4.78 is 1.71. The quantitative estimate of drug-likeness (QED) is 0.343. The molecule has 170 valence electrons. The van der Waals surface area contributed by atoms with Gasteiger partial charge in [0, 0.05) is 6.54 Å². The average molecular weight is 445 g/mol. The third-order valence-corrected chi connectivity index (χ3v) is 5.93. The van der Waals surface area contributed by atoms with Crippen LogP contribution < -0.4 is 0 Å². The lowest BCUT2D eigenvalue weighted by Gasteiger charge is -2.25. The van der Waals surface area contributed by atoms with Crippen LogP contribution in [0.5, 0.6) is 0 Å². The first-order valence-corrected chi connectivity index (χ1v) is 11.0. The molecule has 3 aromatic rings. The minimum Gasteiger partial charge on any atom is -0.507 e. The number of aromatic nitrogens is 2. The predicted molar refractivity (Wildman–Crippen MR) is 127 cm³/mol. The van der Waals surface area contributed by atoms with Crippen molar-refractivity contribution in [2.45, 2.75) is 19.4 Å². The number of amides is 1. The molecule has 1 N–H and O–H groups in total. The van der Waals surface area contributed by atoms with Gasteiger partial charge in [-0.05, 0) is 51.7 Å². The van der Waals surface area contributed by atoms with E-state index in [9.17, 15) is 14.7 Å². The van der Waals surface area contributed by atoms with Gasteiger partial charge in [0.25, 0.3) is 11.7 Å². The molecule has 33 heavy (non-hydrogen) atoms. The summed E-state index contributed by atoms with van der Waals surface area (Å²) in [6.45, 7) is 3.04. The molecular weight excluding hydrogens is 416 g/mol. The maximum atomic E-state index is 13.2. The van der Waals surface area contributed by atoms with Crippen molar-refractivity contribution in [3.8, 4) is 5.69 Å². The fourth-order valence-corrected chi connectivity index (χ4v) is 4.27. The van der Waals surface area contributed by atoms with Crippen LogP contribution in [-0.2, 0) is 9.59 Å². The molecule has 1 amide bonds. The molecule has 1 saturated heterocycles. The number of Topliss-reactive ketones (excluding diaryl/α,β-unsaturated/α-hetero) is 1. The van der Waals surface area contributed by atoms with Crippen molar-refractivity contribution in [3.63, 3.8) is 0 Å². The van der Waals surface area contributed by atoms with E-state index in [1.54, 1.807) is 15.8 Å². The monoisotopic (exact) mass is 444 g/mol. The van der Waals surface area contributed by atoms with Crippen LogP contribution in [0.1, 0.15) is 29.3 Å². The summed E-state index contributed by atoms with van der Waals surface area (Å²) in [6, 6.07) is 18.3. The zero-order chi connectivity index (χ0) is 23.5. The predicted octanol–water partition coefficient (Wildman–Crippen LogP) is 3.55. The number of carbonyl (C=O) groups is 2. The molecule has 7 nitrogen and oxygen atoms in total. The molecule has 7 heteroatoms. The third kappa shape index (κ3) is 4.32. The molecule has 0 saturated carbocycles. The van der Waals surface area contributed by atoms with E-state index < -0.39 is 17.7 Å². The number of ketones is 1. The smallest absolute Gasteiger partial charge is 0.295 e. The van der Waals surface area contributed by atoms with Gasteiger partial charge in [-0.1, -0.05) is 48.5 Å². The van der Waals surface area contributed by atoms with Gasteiger partial charge in [0.05, 0.1) is 34.8 Å². The molecule has 0 aliphatic carbocycles. The van der Waals surface area contributed by atoms with E-state index in [-0.39, 0.29) is 11.3 Å². The summed E-state index contributed by atoms with van der Waals surface area (Å²) in [6.07, 6.45) is 2.26. The van der Waals surface area contributed by atoms with Gasteiger partial charge >= 0.3 is 0 Å². The molecule has 0 unspecified atom stereocenters. The van der Waals surface area contributed by atoms with Gasteiger partial charge in [-0.3, -0.25) is 9.59 Å². The van der Waals surface area contributed by atoms with Crippen LogP contribution in [0.2, 0.25) is 0 Å². The highest BCUT2D eigenvalue weighted by Gasteiger charge is 2.46. The van der Waals surface area contributed by atoms with Crippen molar-refractivity contribution in [1.82, 2.24) is 19.6 Å². The number of hydrogen-bond donors (Lipinski definition) is 1. The van der Waals surface area contributed by atoms with Gasteiger partial charge < -0.3 is 14.9 Å². The number of rotatable bonds is 7. The van der Waals surface area contributed by atoms with Crippen molar-refractivity contribution >= 4 is 17.4 Å². The van der Waals surface area contributed by atoms with Gasteiger partial charge in [0.2, 0.25) is 0 Å². The molecule has 1 aromatic heterocycles. The second-order valence-corrected chi connectivity index (χ2v) is 8.45. The van der Waals surface area contributed by atoms with Crippen LogP contribution >= 0.6 is 0 Å². The van der Waals surface area contributed by atoms with Gasteiger partial charge in [-0.2, -0.15) is 5.10 Å². The number of benzene rings is 2. The van der Waals surface area contributed by atoms with E-state index in [1.165, 1.54) is 0 Å². The average Bonchev–Trinajstić information content (AvgIpc) is 3.32. The molecular formula is C26H28N4O3. The lowest BCUT2D eigenvalue weighted by Crippen LogP contribution is -2.32. The first-order valence-electron chi connectivity index (χ1n) is 11.0. The van der Waals surface area contributed by atoms with E-state index >= 15 is 0 Å². The van der Waals surface area contributed by atoms with E-state index in [0.717, 1.165) is 17.8 Å². The Morgan fingerprint density at radius 3 is 2.30 bits per heavy atom. The Balaban J connectivity index is 1.79. The van der Waals surface area contributed by atoms with Crippen LogP contribution in [0.4, 0.5) is 0 Å². The summed E-state index contributed by atoms with van der Waals surface area (Å²) >= 11 is 0. The standard InChI is InChI=1S/C26H28N4O3/c1-18-21(17-27-30(18)20-13-8-5-9-14-20)24(31)22-23(19-11-6-4-7-12-19)29(26(33)25(22)32)16-10-15-28(2)3/h4-9,11-14,17,23,31H,10,15-16H2,1-3H3/t23-/m1/s1. The van der Waals surface area contributed by atoms with E-state index in [0.29, 0.717) is 24.2 Å². The number of likely N-dealkylation sites (tertiary alicyclic amines) is 1. The fourth-order valence-electron chi connectivity index (χ4n) is 4.27. The Bertz CT molecular complexity index is 1180. The van der Waals surface area contributed by atoms with E-state index in [1.807, 2.05) is 86.6 Å². The van der Waals surface area contributed by atoms with Crippen LogP contribution in [0, 0.1) is 6.92 Å². The minimum atomic E-state index is -0.668. The highest BCUT2D eigenvalue weighted by Crippen LogP contribution is 2.39. The maximum Gasteiger partial charge on any atom is 0.295 e. The van der Waals surface area contributed by atoms with Gasteiger partial charge in [0.1, 0.15) is 5.76 Å². The molecule has 0 spiro atoms. The molecule has 1 aliphatic rings. The number of hydrogen-bond acceptors (Lipinski definition) is 5. The number of para-hydroxylation sites is 1. The summed E-state index contributed by atoms with van der Waals surface area (Å²) in [4.78, 5) is 29.8. The highest BCUT2D eigenvalue weighted by molar-refractivity contribution is 6.46. The number of aliphatic hydroxyl groups is 1. The summed E-state index contributed by atoms with van der Waals surface area (Å²) in [5.74, 6) is -1.45. The number of carbonyl (C=O) groups excluding carboxylic acids is 2. The largest absolute Gasteiger partial charge is 0.507 e. The van der Waals surface area contributed by atoms with Crippen molar-refractivity contribution in [1.29, 1.82) is 0 Å². The Kier molecular flexibility index (Phi) is 6.42. The van der Waals surface area contributed by atoms with Gasteiger partial charge in [-0.15, -0.1) is 0 Å². The second kappa shape index (κ2) is 9.42. The second-order valence-electron chi connectivity index (χ2n) is 8.45. The Labute approximate surface area is 193 Å². The first kappa shape index (κ1) is 22.5. The third-order valence-electron chi connectivity index (χ3n) is 5.93. The molecule has 1 atom stereocenters. The zero-order valence-corrected chi connectivity index (χ0v) is 19.1. The lowest BCUT2D eigenvalue weighted by molar-refractivity contribution is -0.139. The Hall–Kier alpha value is -3.71. The minimum absolute atomic E-state index is 0.103. The normalized spacial score (nSPS) is 17.8. The molecule has 4 rings (SSSR count). The summed E-state index contributed by atoms with van der Waals surface area (Å²) in [5.41, 5.74) is 2.86. The molecule has 1 aliphatic heterocycles. The van der Waals surface area contributed by atoms with E-state index in [4.69, 9.17) is 0 Å². The molecule has 0 radical (unpaired) electrons. The van der Waals surface area contributed by atoms with Crippen LogP contribution in [0.15, 0.2) is 72.4 Å². The van der Waals surface area contributed by atoms with E-state index in [2.05, 4.69) is 5.10 Å². The van der Waals surface area contributed by atoms with Gasteiger partial charge in [0.15, 0.2) is 0 Å².